The smallest absolute Gasteiger partial charge is 0.0928 e. The molecule has 0 amide bonds. The number of nitrogens with zero attached hydrogens (tertiary/aromatic N) is 2. The molecular weight excluding hydrogens is 218 g/mol. The third-order valence-electron chi connectivity index (χ3n) is 2.37. The summed E-state index contributed by atoms with van der Waals surface area (Å²) in [5.74, 6) is 0. The Kier molecular flexibility index (Phi) is 2.27. The van der Waals surface area contributed by atoms with Crippen molar-refractivity contribution >= 4 is 34.6 Å². The topological polar surface area (TPSA) is 41.6 Å². The number of hydrogen-bond donors (Lipinski definition) is 1. The lowest BCUT2D eigenvalue weighted by atomic mass is 10.2. The average Bonchev–Trinajstić information content (AvgIpc) is 2.96. The Morgan fingerprint density at radius 1 is 1.12 bits per heavy atom. The van der Waals surface area contributed by atoms with Gasteiger partial charge in [0.15, 0.2) is 0 Å². The summed E-state index contributed by atoms with van der Waals surface area (Å²) < 4.78 is 4.21. The van der Waals surface area contributed by atoms with Gasteiger partial charge in [-0.15, -0.1) is 0 Å². The van der Waals surface area contributed by atoms with Crippen LogP contribution in [0.3, 0.4) is 0 Å². The van der Waals surface area contributed by atoms with Crippen molar-refractivity contribution in [3.63, 3.8) is 0 Å². The highest BCUT2D eigenvalue weighted by atomic mass is 32.1. The highest BCUT2D eigenvalue weighted by Crippen LogP contribution is 2.17. The summed E-state index contributed by atoms with van der Waals surface area (Å²) in [6, 6.07) is 10.1. The van der Waals surface area contributed by atoms with Gasteiger partial charge in [0.1, 0.15) is 0 Å². The van der Waals surface area contributed by atoms with Gasteiger partial charge in [0.2, 0.25) is 0 Å². The molecule has 0 bridgehead atoms. The highest BCUT2D eigenvalue weighted by Gasteiger charge is 2.00. The van der Waals surface area contributed by atoms with Crippen LogP contribution in [0.1, 0.15) is 11.4 Å². The van der Waals surface area contributed by atoms with Crippen LogP contribution in [0.2, 0.25) is 0 Å². The van der Waals surface area contributed by atoms with Gasteiger partial charge in [0.05, 0.1) is 16.9 Å². The number of benzene rings is 1. The number of H-pyrrole nitrogens is 1. The van der Waals surface area contributed by atoms with Gasteiger partial charge in [-0.1, -0.05) is 18.2 Å². The van der Waals surface area contributed by atoms with E-state index < -0.39 is 0 Å². The lowest BCUT2D eigenvalue weighted by Crippen LogP contribution is -1.72. The zero-order valence-electron chi connectivity index (χ0n) is 8.42. The van der Waals surface area contributed by atoms with E-state index in [1.165, 1.54) is 11.5 Å². The van der Waals surface area contributed by atoms with E-state index in [1.54, 1.807) is 0 Å². The fourth-order valence-corrected chi connectivity index (χ4v) is 2.09. The maximum absolute atomic E-state index is 4.26. The molecular formula is C12H9N3S. The van der Waals surface area contributed by atoms with Gasteiger partial charge in [-0.3, -0.25) is 5.10 Å². The number of fused-ring (bicyclic) bond motifs is 1. The normalized spacial score (nSPS) is 11.5. The zero-order valence-corrected chi connectivity index (χ0v) is 9.24. The molecule has 1 aromatic carbocycles. The molecule has 0 radical (unpaired) electrons. The number of nitrogens with one attached hydrogen (secondary N) is 1. The first-order valence-electron chi connectivity index (χ1n) is 4.95. The number of aromatic nitrogens is 3. The largest absolute Gasteiger partial charge is 0.277 e. The minimum Gasteiger partial charge on any atom is -0.277 e. The number of hydrogen-bond acceptors (Lipinski definition) is 3. The summed E-state index contributed by atoms with van der Waals surface area (Å²) in [7, 11) is 0. The predicted molar refractivity (Wildman–Crippen MR) is 67.1 cm³/mol. The van der Waals surface area contributed by atoms with E-state index in [1.807, 2.05) is 41.8 Å². The van der Waals surface area contributed by atoms with Crippen molar-refractivity contribution in [2.75, 3.05) is 0 Å². The molecule has 3 nitrogen and oxygen atoms in total. The van der Waals surface area contributed by atoms with Crippen molar-refractivity contribution < 1.29 is 0 Å². The third-order valence-corrected chi connectivity index (χ3v) is 2.94. The van der Waals surface area contributed by atoms with E-state index in [4.69, 9.17) is 0 Å². The van der Waals surface area contributed by atoms with Gasteiger partial charge >= 0.3 is 0 Å². The van der Waals surface area contributed by atoms with Crippen molar-refractivity contribution in [3.05, 3.63) is 47.1 Å². The van der Waals surface area contributed by atoms with Crippen molar-refractivity contribution in [1.82, 2.24) is 14.6 Å². The molecule has 0 saturated heterocycles. The Morgan fingerprint density at radius 3 is 2.94 bits per heavy atom. The first-order valence-corrected chi connectivity index (χ1v) is 5.79. The van der Waals surface area contributed by atoms with Crippen LogP contribution in [-0.2, 0) is 0 Å². The fraction of sp³-hybridized carbons (Fsp3) is 0. The molecule has 0 unspecified atom stereocenters. The monoisotopic (exact) mass is 227 g/mol. The minimum atomic E-state index is 0.948. The molecule has 0 aliphatic carbocycles. The maximum Gasteiger partial charge on any atom is 0.0928 e. The summed E-state index contributed by atoms with van der Waals surface area (Å²) in [5.41, 5.74) is 2.97. The van der Waals surface area contributed by atoms with Crippen molar-refractivity contribution in [3.8, 4) is 0 Å². The Morgan fingerprint density at radius 2 is 2.06 bits per heavy atom. The average molecular weight is 227 g/mol. The van der Waals surface area contributed by atoms with Crippen LogP contribution in [0.4, 0.5) is 0 Å². The molecule has 16 heavy (non-hydrogen) atoms. The number of para-hydroxylation sites is 1. The first-order chi connectivity index (χ1) is 7.93. The summed E-state index contributed by atoms with van der Waals surface area (Å²) in [5, 5.41) is 10.4. The predicted octanol–water partition coefficient (Wildman–Crippen LogP) is 3.19. The molecule has 4 heteroatoms. The van der Waals surface area contributed by atoms with E-state index >= 15 is 0 Å². The number of aromatic amines is 1. The molecule has 78 valence electrons. The van der Waals surface area contributed by atoms with E-state index in [9.17, 15) is 0 Å². The van der Waals surface area contributed by atoms with Crippen molar-refractivity contribution in [1.29, 1.82) is 0 Å². The summed E-state index contributed by atoms with van der Waals surface area (Å²) in [6.07, 6.45) is 3.95. The molecule has 0 atom stereocenters. The van der Waals surface area contributed by atoms with Crippen LogP contribution in [0, 0.1) is 0 Å². The maximum atomic E-state index is 4.26. The molecule has 3 aromatic rings. The van der Waals surface area contributed by atoms with Crippen LogP contribution >= 0.6 is 11.5 Å². The van der Waals surface area contributed by atoms with Gasteiger partial charge in [-0.25, -0.2) is 0 Å². The second-order valence-electron chi connectivity index (χ2n) is 3.41. The van der Waals surface area contributed by atoms with Gasteiger partial charge < -0.3 is 0 Å². The van der Waals surface area contributed by atoms with Crippen molar-refractivity contribution in [2.45, 2.75) is 0 Å². The molecule has 0 saturated carbocycles. The molecule has 2 aromatic heterocycles. The molecule has 1 N–H and O–H groups in total. The van der Waals surface area contributed by atoms with Gasteiger partial charge in [-0.2, -0.15) is 9.47 Å². The standard InChI is InChI=1S/C12H9N3S/c1-2-4-11-10(3-1)12(14-13-11)6-5-9-7-8-16-15-9/h1-8H,(H,13,14). The second-order valence-corrected chi connectivity index (χ2v) is 4.08. The minimum absolute atomic E-state index is 0.948. The third kappa shape index (κ3) is 1.63. The van der Waals surface area contributed by atoms with Gasteiger partial charge in [-0.05, 0) is 35.8 Å². The molecule has 2 heterocycles. The Labute approximate surface area is 96.6 Å². The van der Waals surface area contributed by atoms with Crippen LogP contribution < -0.4 is 0 Å². The molecule has 0 fully saturated rings. The van der Waals surface area contributed by atoms with Crippen LogP contribution in [0.15, 0.2) is 35.7 Å². The van der Waals surface area contributed by atoms with Gasteiger partial charge in [0.25, 0.3) is 0 Å². The van der Waals surface area contributed by atoms with Crippen LogP contribution in [0.25, 0.3) is 23.1 Å². The van der Waals surface area contributed by atoms with Crippen LogP contribution in [-0.4, -0.2) is 14.6 Å². The summed E-state index contributed by atoms with van der Waals surface area (Å²) >= 11 is 1.45. The van der Waals surface area contributed by atoms with E-state index in [0.717, 1.165) is 22.3 Å². The molecule has 3 rings (SSSR count). The van der Waals surface area contributed by atoms with E-state index in [0.29, 0.717) is 0 Å². The molecule has 0 aliphatic rings. The van der Waals surface area contributed by atoms with Crippen molar-refractivity contribution in [2.24, 2.45) is 0 Å². The van der Waals surface area contributed by atoms with Gasteiger partial charge in [0, 0.05) is 10.8 Å². The summed E-state index contributed by atoms with van der Waals surface area (Å²) in [6.45, 7) is 0. The highest BCUT2D eigenvalue weighted by molar-refractivity contribution is 7.03. The molecule has 0 spiro atoms. The molecule has 0 aliphatic heterocycles. The Balaban J connectivity index is 2.01. The zero-order chi connectivity index (χ0) is 10.8. The van der Waals surface area contributed by atoms with E-state index in [2.05, 4.69) is 20.6 Å². The fourth-order valence-electron chi connectivity index (χ4n) is 1.58. The Bertz CT molecular complexity index is 623. The lowest BCUT2D eigenvalue weighted by molar-refractivity contribution is 1.11. The SMILES string of the molecule is C(=Cc1n[nH]c2ccccc12)c1ccsn1. The first kappa shape index (κ1) is 9.30. The van der Waals surface area contributed by atoms with Crippen LogP contribution in [0.5, 0.6) is 0 Å². The lowest BCUT2D eigenvalue weighted by Gasteiger charge is -1.87. The summed E-state index contributed by atoms with van der Waals surface area (Å²) in [4.78, 5) is 0. The Hall–Kier alpha value is -1.94. The van der Waals surface area contributed by atoms with E-state index in [-0.39, 0.29) is 0 Å². The number of rotatable bonds is 2. The second kappa shape index (κ2) is 3.90. The quantitative estimate of drug-likeness (QED) is 0.730.